The van der Waals surface area contributed by atoms with E-state index in [1.54, 1.807) is 31.2 Å². The van der Waals surface area contributed by atoms with Gasteiger partial charge in [0.2, 0.25) is 5.43 Å². The maximum atomic E-state index is 12.5. The molecule has 33 heavy (non-hydrogen) atoms. The van der Waals surface area contributed by atoms with Crippen molar-refractivity contribution in [2.24, 2.45) is 5.10 Å². The van der Waals surface area contributed by atoms with Gasteiger partial charge in [0.15, 0.2) is 0 Å². The molecule has 0 radical (unpaired) electrons. The van der Waals surface area contributed by atoms with Crippen LogP contribution in [0, 0.1) is 0 Å². The highest BCUT2D eigenvalue weighted by atomic mass is 32.1. The largest absolute Gasteiger partial charge is 0.463 e. The van der Waals surface area contributed by atoms with Crippen LogP contribution < -0.4 is 16.2 Å². The van der Waals surface area contributed by atoms with Gasteiger partial charge in [-0.2, -0.15) is 5.10 Å². The van der Waals surface area contributed by atoms with Crippen LogP contribution in [0.3, 0.4) is 0 Å². The number of hydrazone groups is 1. The van der Waals surface area contributed by atoms with Crippen molar-refractivity contribution in [3.63, 3.8) is 0 Å². The molecule has 1 aliphatic rings. The second-order valence-corrected chi connectivity index (χ2v) is 8.41. The van der Waals surface area contributed by atoms with Crippen molar-refractivity contribution in [2.75, 3.05) is 11.9 Å². The summed E-state index contributed by atoms with van der Waals surface area (Å²) < 4.78 is 10.5. The van der Waals surface area contributed by atoms with Gasteiger partial charge in [-0.25, -0.2) is 10.2 Å². The number of para-hydroxylation sites is 1. The summed E-state index contributed by atoms with van der Waals surface area (Å²) in [4.78, 5) is 50.6. The zero-order valence-electron chi connectivity index (χ0n) is 17.8. The minimum Gasteiger partial charge on any atom is -0.463 e. The summed E-state index contributed by atoms with van der Waals surface area (Å²) in [6, 6.07) is 6.73. The normalized spacial score (nSPS) is 13.0. The molecular weight excluding hydrogens is 446 g/mol. The number of esters is 1. The molecule has 3 aromatic rings. The third kappa shape index (κ3) is 4.70. The minimum atomic E-state index is -1.04. The fourth-order valence-electron chi connectivity index (χ4n) is 3.63. The number of anilines is 1. The molecule has 0 aliphatic heterocycles. The predicted molar refractivity (Wildman–Crippen MR) is 124 cm³/mol. The first kappa shape index (κ1) is 22.4. The van der Waals surface area contributed by atoms with Crippen molar-refractivity contribution >= 4 is 51.3 Å². The molecule has 0 saturated carbocycles. The summed E-state index contributed by atoms with van der Waals surface area (Å²) >= 11 is 1.28. The molecule has 0 bridgehead atoms. The van der Waals surface area contributed by atoms with Gasteiger partial charge in [0.1, 0.15) is 16.8 Å². The maximum Gasteiger partial charge on any atom is 0.341 e. The van der Waals surface area contributed by atoms with Crippen molar-refractivity contribution in [3.05, 3.63) is 62.3 Å². The van der Waals surface area contributed by atoms with Crippen molar-refractivity contribution in [1.82, 2.24) is 5.43 Å². The van der Waals surface area contributed by atoms with E-state index in [9.17, 15) is 19.2 Å². The molecule has 0 saturated heterocycles. The van der Waals surface area contributed by atoms with Gasteiger partial charge in [-0.05, 0) is 50.3 Å². The average molecular weight is 468 g/mol. The van der Waals surface area contributed by atoms with Crippen LogP contribution in [0.5, 0.6) is 0 Å². The van der Waals surface area contributed by atoms with Crippen LogP contribution in [0.2, 0.25) is 0 Å². The zero-order valence-corrected chi connectivity index (χ0v) is 18.6. The number of thiophene rings is 1. The number of carbonyl (C=O) groups excluding carboxylic acids is 3. The second-order valence-electron chi connectivity index (χ2n) is 7.31. The van der Waals surface area contributed by atoms with E-state index < -0.39 is 17.8 Å². The second kappa shape index (κ2) is 9.78. The van der Waals surface area contributed by atoms with Gasteiger partial charge in [-0.15, -0.1) is 11.3 Å². The number of hydrogen-bond donors (Lipinski definition) is 2. The lowest BCUT2D eigenvalue weighted by Gasteiger charge is -2.12. The molecule has 2 heterocycles. The van der Waals surface area contributed by atoms with Gasteiger partial charge in [-0.3, -0.25) is 14.4 Å². The van der Waals surface area contributed by atoms with E-state index in [1.807, 2.05) is 0 Å². The molecule has 10 heteroatoms. The fourth-order valence-corrected chi connectivity index (χ4v) is 4.90. The number of fused-ring (bicyclic) bond motifs is 2. The number of nitrogens with one attached hydrogen (secondary N) is 2. The summed E-state index contributed by atoms with van der Waals surface area (Å²) in [6.45, 7) is 1.91. The van der Waals surface area contributed by atoms with E-state index in [-0.39, 0.29) is 17.6 Å². The standard InChI is InChI=1S/C23H21N3O6S/c1-2-31-23(30)18-15-8-4-6-10-17(15)33-22(18)25-20(28)21(29)26-24-11-13-12-32-16-9-5-3-7-14(16)19(13)27/h3,5,7,9,11-12H,2,4,6,8,10H2,1H3,(H,25,28)(H,26,29). The van der Waals surface area contributed by atoms with E-state index in [2.05, 4.69) is 15.8 Å². The van der Waals surface area contributed by atoms with Crippen LogP contribution in [0.4, 0.5) is 5.00 Å². The highest BCUT2D eigenvalue weighted by molar-refractivity contribution is 7.17. The Bertz CT molecular complexity index is 1320. The number of rotatable bonds is 5. The van der Waals surface area contributed by atoms with Gasteiger partial charge in [0.25, 0.3) is 0 Å². The third-order valence-corrected chi connectivity index (χ3v) is 6.37. The Balaban J connectivity index is 1.47. The van der Waals surface area contributed by atoms with Gasteiger partial charge in [0, 0.05) is 4.88 Å². The number of benzene rings is 1. The highest BCUT2D eigenvalue weighted by Gasteiger charge is 2.28. The number of amides is 2. The average Bonchev–Trinajstić information content (AvgIpc) is 3.18. The van der Waals surface area contributed by atoms with Crippen LogP contribution in [0.25, 0.3) is 11.0 Å². The first-order valence-corrected chi connectivity index (χ1v) is 11.3. The number of nitrogens with zero attached hydrogens (tertiary/aromatic N) is 1. The number of hydrogen-bond acceptors (Lipinski definition) is 8. The summed E-state index contributed by atoms with van der Waals surface area (Å²) in [7, 11) is 0. The van der Waals surface area contributed by atoms with Gasteiger partial charge in [-0.1, -0.05) is 12.1 Å². The van der Waals surface area contributed by atoms with Gasteiger partial charge in [0.05, 0.1) is 29.3 Å². The Morgan fingerprint density at radius 2 is 1.97 bits per heavy atom. The zero-order chi connectivity index (χ0) is 23.4. The first-order chi connectivity index (χ1) is 16.0. The molecule has 9 nitrogen and oxygen atoms in total. The lowest BCUT2D eigenvalue weighted by molar-refractivity contribution is -0.136. The molecule has 2 aromatic heterocycles. The Hall–Kier alpha value is -3.79. The van der Waals surface area contributed by atoms with Crippen LogP contribution in [-0.2, 0) is 27.2 Å². The molecule has 1 aliphatic carbocycles. The van der Waals surface area contributed by atoms with E-state index in [4.69, 9.17) is 9.15 Å². The summed E-state index contributed by atoms with van der Waals surface area (Å²) in [5, 5.41) is 6.86. The molecule has 0 atom stereocenters. The molecule has 2 N–H and O–H groups in total. The van der Waals surface area contributed by atoms with Crippen LogP contribution in [-0.4, -0.2) is 30.6 Å². The quantitative estimate of drug-likeness (QED) is 0.257. The van der Waals surface area contributed by atoms with E-state index >= 15 is 0 Å². The highest BCUT2D eigenvalue weighted by Crippen LogP contribution is 2.38. The minimum absolute atomic E-state index is 0.116. The van der Waals surface area contributed by atoms with Crippen LogP contribution in [0.15, 0.2) is 44.8 Å². The van der Waals surface area contributed by atoms with Crippen LogP contribution >= 0.6 is 11.3 Å². The molecule has 0 spiro atoms. The molecular formula is C23H21N3O6S. The van der Waals surface area contributed by atoms with E-state index in [0.29, 0.717) is 21.5 Å². The summed E-state index contributed by atoms with van der Waals surface area (Å²) in [5.41, 5.74) is 3.51. The number of ether oxygens (including phenoxy) is 1. The van der Waals surface area contributed by atoms with Gasteiger partial charge < -0.3 is 14.5 Å². The fraction of sp³-hybridized carbons (Fsp3) is 0.261. The molecule has 0 unspecified atom stereocenters. The Morgan fingerprint density at radius 3 is 2.79 bits per heavy atom. The number of aryl methyl sites for hydroxylation is 1. The topological polar surface area (TPSA) is 127 Å². The molecule has 0 fully saturated rings. The summed E-state index contributed by atoms with van der Waals surface area (Å²) in [5.74, 6) is -2.55. The Morgan fingerprint density at radius 1 is 1.18 bits per heavy atom. The number of carbonyl (C=O) groups is 3. The van der Waals surface area contributed by atoms with E-state index in [1.165, 1.54) is 17.6 Å². The van der Waals surface area contributed by atoms with Crippen molar-refractivity contribution in [2.45, 2.75) is 32.6 Å². The Kier molecular flexibility index (Phi) is 6.64. The first-order valence-electron chi connectivity index (χ1n) is 10.5. The monoisotopic (exact) mass is 467 g/mol. The lowest BCUT2D eigenvalue weighted by atomic mass is 9.95. The smallest absolute Gasteiger partial charge is 0.341 e. The van der Waals surface area contributed by atoms with Crippen LogP contribution in [0.1, 0.15) is 46.1 Å². The van der Waals surface area contributed by atoms with Crippen molar-refractivity contribution < 1.29 is 23.5 Å². The van der Waals surface area contributed by atoms with Crippen molar-refractivity contribution in [3.8, 4) is 0 Å². The molecule has 4 rings (SSSR count). The SMILES string of the molecule is CCOC(=O)c1c(NC(=O)C(=O)NN=Cc2coc3ccccc3c2=O)sc2c1CCCC2. The lowest BCUT2D eigenvalue weighted by Crippen LogP contribution is -2.32. The maximum absolute atomic E-state index is 12.5. The van der Waals surface area contributed by atoms with Gasteiger partial charge >= 0.3 is 17.8 Å². The molecule has 170 valence electrons. The predicted octanol–water partition coefficient (Wildman–Crippen LogP) is 3.00. The third-order valence-electron chi connectivity index (χ3n) is 5.16. The summed E-state index contributed by atoms with van der Waals surface area (Å²) in [6.07, 6.45) is 5.82. The Labute approximate surface area is 192 Å². The molecule has 2 amide bonds. The van der Waals surface area contributed by atoms with E-state index in [0.717, 1.165) is 42.3 Å². The molecule has 1 aromatic carbocycles. The van der Waals surface area contributed by atoms with Crippen molar-refractivity contribution in [1.29, 1.82) is 0 Å².